The molecule has 0 aliphatic heterocycles. The Bertz CT molecular complexity index is 377. The third-order valence-corrected chi connectivity index (χ3v) is 3.14. The lowest BCUT2D eigenvalue weighted by Crippen LogP contribution is -2.58. The summed E-state index contributed by atoms with van der Waals surface area (Å²) in [7, 11) is 0. The van der Waals surface area contributed by atoms with Gasteiger partial charge in [0, 0.05) is 18.4 Å². The van der Waals surface area contributed by atoms with Gasteiger partial charge >= 0.3 is 5.97 Å². The lowest BCUT2D eigenvalue weighted by molar-refractivity contribution is -0.181. The molecule has 1 rings (SSSR count). The maximum absolute atomic E-state index is 12.0. The topological polar surface area (TPSA) is 127 Å². The third-order valence-electron chi connectivity index (χ3n) is 3.14. The van der Waals surface area contributed by atoms with Crippen molar-refractivity contribution < 1.29 is 30.0 Å². The van der Waals surface area contributed by atoms with E-state index in [1.54, 1.807) is 20.8 Å². The van der Waals surface area contributed by atoms with Crippen molar-refractivity contribution in [3.05, 3.63) is 0 Å². The molecule has 7 nitrogen and oxygen atoms in total. The molecular weight excluding hydrogens is 254 g/mol. The molecule has 7 heteroatoms. The minimum Gasteiger partial charge on any atom is -0.479 e. The Kier molecular flexibility index (Phi) is 4.23. The fourth-order valence-corrected chi connectivity index (χ4v) is 2.19. The number of aliphatic hydroxyl groups is 3. The number of carboxylic acids is 1. The first-order chi connectivity index (χ1) is 8.46. The van der Waals surface area contributed by atoms with Crippen LogP contribution in [0.15, 0.2) is 0 Å². The van der Waals surface area contributed by atoms with Gasteiger partial charge in [0.1, 0.15) is 0 Å². The summed E-state index contributed by atoms with van der Waals surface area (Å²) in [5.41, 5.74) is -2.75. The molecule has 1 aliphatic rings. The average molecular weight is 275 g/mol. The largest absolute Gasteiger partial charge is 0.479 e. The Labute approximate surface area is 111 Å². The molecule has 4 atom stereocenters. The van der Waals surface area contributed by atoms with E-state index in [0.717, 1.165) is 0 Å². The number of rotatable bonds is 2. The van der Waals surface area contributed by atoms with E-state index in [1.807, 2.05) is 0 Å². The van der Waals surface area contributed by atoms with Crippen molar-refractivity contribution in [2.24, 2.45) is 5.92 Å². The zero-order valence-corrected chi connectivity index (χ0v) is 11.3. The van der Waals surface area contributed by atoms with Crippen molar-refractivity contribution in [1.82, 2.24) is 5.32 Å². The molecule has 1 saturated carbocycles. The second kappa shape index (κ2) is 5.07. The van der Waals surface area contributed by atoms with Crippen molar-refractivity contribution in [2.45, 2.75) is 57.0 Å². The van der Waals surface area contributed by atoms with Crippen LogP contribution in [0.2, 0.25) is 0 Å². The number of nitrogens with one attached hydrogen (secondary N) is 1. The summed E-state index contributed by atoms with van der Waals surface area (Å²) in [5.74, 6) is -3.26. The van der Waals surface area contributed by atoms with Crippen molar-refractivity contribution >= 4 is 11.9 Å². The first kappa shape index (κ1) is 15.9. The fourth-order valence-electron chi connectivity index (χ4n) is 2.19. The predicted octanol–water partition coefficient (Wildman–Crippen LogP) is -1.15. The van der Waals surface area contributed by atoms with E-state index in [-0.39, 0.29) is 0 Å². The lowest BCUT2D eigenvalue weighted by atomic mass is 9.74. The highest BCUT2D eigenvalue weighted by Crippen LogP contribution is 2.33. The second-order valence-electron chi connectivity index (χ2n) is 6.15. The van der Waals surface area contributed by atoms with Crippen LogP contribution < -0.4 is 5.32 Å². The van der Waals surface area contributed by atoms with Crippen LogP contribution in [-0.2, 0) is 9.59 Å². The highest BCUT2D eigenvalue weighted by atomic mass is 16.4. The van der Waals surface area contributed by atoms with Gasteiger partial charge < -0.3 is 25.7 Å². The molecule has 0 saturated heterocycles. The summed E-state index contributed by atoms with van der Waals surface area (Å²) in [4.78, 5) is 23.0. The van der Waals surface area contributed by atoms with Gasteiger partial charge in [-0.2, -0.15) is 0 Å². The van der Waals surface area contributed by atoms with Crippen LogP contribution in [0, 0.1) is 5.92 Å². The highest BCUT2D eigenvalue weighted by Gasteiger charge is 2.51. The van der Waals surface area contributed by atoms with E-state index in [2.05, 4.69) is 5.32 Å². The number of amides is 1. The molecule has 0 aromatic rings. The summed E-state index contributed by atoms with van der Waals surface area (Å²) in [6.07, 6.45) is -3.77. The van der Waals surface area contributed by atoms with Crippen molar-refractivity contribution in [3.8, 4) is 0 Å². The second-order valence-corrected chi connectivity index (χ2v) is 6.15. The predicted molar refractivity (Wildman–Crippen MR) is 65.2 cm³/mol. The number of hydrogen-bond acceptors (Lipinski definition) is 5. The van der Waals surface area contributed by atoms with Crippen LogP contribution in [0.1, 0.15) is 33.6 Å². The van der Waals surface area contributed by atoms with Crippen LogP contribution >= 0.6 is 0 Å². The number of aliphatic carboxylic acids is 1. The van der Waals surface area contributed by atoms with Gasteiger partial charge in [-0.15, -0.1) is 0 Å². The van der Waals surface area contributed by atoms with Crippen molar-refractivity contribution in [1.29, 1.82) is 0 Å². The molecular formula is C12H21NO6. The van der Waals surface area contributed by atoms with E-state index in [9.17, 15) is 24.9 Å². The molecule has 1 fully saturated rings. The molecule has 0 aromatic heterocycles. The number of hydrogen-bond donors (Lipinski definition) is 5. The van der Waals surface area contributed by atoms with Crippen LogP contribution in [0.4, 0.5) is 0 Å². The van der Waals surface area contributed by atoms with Gasteiger partial charge in [-0.3, -0.25) is 4.79 Å². The Morgan fingerprint density at radius 3 is 2.16 bits per heavy atom. The normalized spacial score (nSPS) is 35.8. The van der Waals surface area contributed by atoms with E-state index in [1.165, 1.54) is 0 Å². The molecule has 1 amide bonds. The van der Waals surface area contributed by atoms with Crippen LogP contribution in [0.3, 0.4) is 0 Å². The summed E-state index contributed by atoms with van der Waals surface area (Å²) in [6, 6.07) is 0. The van der Waals surface area contributed by atoms with Gasteiger partial charge in [-0.1, -0.05) is 0 Å². The van der Waals surface area contributed by atoms with E-state index >= 15 is 0 Å². The van der Waals surface area contributed by atoms with E-state index in [4.69, 9.17) is 5.11 Å². The molecule has 19 heavy (non-hydrogen) atoms. The van der Waals surface area contributed by atoms with Crippen LogP contribution in [0.25, 0.3) is 0 Å². The first-order valence-electron chi connectivity index (χ1n) is 6.10. The molecule has 1 unspecified atom stereocenters. The van der Waals surface area contributed by atoms with Crippen LogP contribution in [0.5, 0.6) is 0 Å². The fraction of sp³-hybridized carbons (Fsp3) is 0.833. The van der Waals surface area contributed by atoms with E-state index in [0.29, 0.717) is 0 Å². The molecule has 110 valence electrons. The highest BCUT2D eigenvalue weighted by molar-refractivity contribution is 5.83. The van der Waals surface area contributed by atoms with Gasteiger partial charge in [-0.05, 0) is 20.8 Å². The monoisotopic (exact) mass is 275 g/mol. The van der Waals surface area contributed by atoms with E-state index < -0.39 is 54.0 Å². The van der Waals surface area contributed by atoms with Gasteiger partial charge in [0.15, 0.2) is 5.60 Å². The SMILES string of the molecule is CC(C)(C)NC(=O)C1C[C@@](O)(C(=O)O)C[C@@H](O)[C@@H]1O. The smallest absolute Gasteiger partial charge is 0.335 e. The van der Waals surface area contributed by atoms with Gasteiger partial charge in [0.2, 0.25) is 5.91 Å². The third kappa shape index (κ3) is 3.65. The Morgan fingerprint density at radius 2 is 1.74 bits per heavy atom. The Morgan fingerprint density at radius 1 is 1.21 bits per heavy atom. The quantitative estimate of drug-likeness (QED) is 0.433. The summed E-state index contributed by atoms with van der Waals surface area (Å²) >= 11 is 0. The molecule has 0 heterocycles. The standard InChI is InChI=1S/C12H21NO6/c1-11(2,3)13-9(16)6-4-12(19,10(17)18)5-7(14)8(6)15/h6-8,14-15,19H,4-5H2,1-3H3,(H,13,16)(H,17,18)/t6?,7-,8-,12+/m1/s1. The lowest BCUT2D eigenvalue weighted by Gasteiger charge is -2.40. The van der Waals surface area contributed by atoms with Gasteiger partial charge in [0.25, 0.3) is 0 Å². The molecule has 5 N–H and O–H groups in total. The number of carbonyl (C=O) groups excluding carboxylic acids is 1. The Balaban J connectivity index is 2.92. The Hall–Kier alpha value is -1.18. The minimum atomic E-state index is -2.20. The van der Waals surface area contributed by atoms with Gasteiger partial charge in [0.05, 0.1) is 18.1 Å². The summed E-state index contributed by atoms with van der Waals surface area (Å²) in [6.45, 7) is 5.21. The average Bonchev–Trinajstić information content (AvgIpc) is 2.20. The first-order valence-corrected chi connectivity index (χ1v) is 6.10. The van der Waals surface area contributed by atoms with Crippen LogP contribution in [-0.4, -0.2) is 55.7 Å². The van der Waals surface area contributed by atoms with Gasteiger partial charge in [-0.25, -0.2) is 4.79 Å². The number of carboxylic acid groups (broad SMARTS) is 1. The molecule has 1 aliphatic carbocycles. The maximum atomic E-state index is 12.0. The minimum absolute atomic E-state index is 0.428. The zero-order valence-electron chi connectivity index (χ0n) is 11.3. The zero-order chi connectivity index (χ0) is 15.0. The molecule has 0 spiro atoms. The van der Waals surface area contributed by atoms with Crippen molar-refractivity contribution in [2.75, 3.05) is 0 Å². The molecule has 0 radical (unpaired) electrons. The number of carbonyl (C=O) groups is 2. The maximum Gasteiger partial charge on any atom is 0.335 e. The molecule has 0 bridgehead atoms. The summed E-state index contributed by atoms with van der Waals surface area (Å²) in [5, 5.41) is 40.9. The molecule has 0 aromatic carbocycles. The number of aliphatic hydroxyl groups excluding tert-OH is 2. The summed E-state index contributed by atoms with van der Waals surface area (Å²) < 4.78 is 0. The van der Waals surface area contributed by atoms with Crippen molar-refractivity contribution in [3.63, 3.8) is 0 Å².